The fourth-order valence-electron chi connectivity index (χ4n) is 2.28. The van der Waals surface area contributed by atoms with Gasteiger partial charge in [-0.1, -0.05) is 30.3 Å². The first kappa shape index (κ1) is 14.5. The fraction of sp³-hybridized carbons (Fsp3) is 0.538. The Morgan fingerprint density at radius 3 is 2.63 bits per heavy atom. The number of nitrogens with zero attached hydrogens (tertiary/aromatic N) is 2. The summed E-state index contributed by atoms with van der Waals surface area (Å²) in [7, 11) is 0.253. The van der Waals surface area contributed by atoms with Gasteiger partial charge in [0.15, 0.2) is 0 Å². The van der Waals surface area contributed by atoms with Crippen molar-refractivity contribution in [2.45, 2.75) is 19.0 Å². The monoisotopic (exact) mass is 283 g/mol. The van der Waals surface area contributed by atoms with E-state index in [1.807, 2.05) is 37.4 Å². The Morgan fingerprint density at radius 1 is 1.37 bits per heavy atom. The van der Waals surface area contributed by atoms with E-state index >= 15 is 0 Å². The van der Waals surface area contributed by atoms with Crippen molar-refractivity contribution in [1.29, 1.82) is 0 Å². The summed E-state index contributed by atoms with van der Waals surface area (Å²) in [4.78, 5) is 2.15. The molecule has 0 aromatic heterocycles. The lowest BCUT2D eigenvalue weighted by atomic mass is 10.2. The summed E-state index contributed by atoms with van der Waals surface area (Å²) in [5, 5.41) is 0. The summed E-state index contributed by atoms with van der Waals surface area (Å²) in [5.41, 5.74) is 0.961. The minimum Gasteiger partial charge on any atom is -0.305 e. The van der Waals surface area contributed by atoms with Crippen LogP contribution < -0.4 is 4.72 Å². The number of hydrogen-bond donors (Lipinski definition) is 1. The molecular weight excluding hydrogens is 262 g/mol. The first-order chi connectivity index (χ1) is 8.99. The van der Waals surface area contributed by atoms with Gasteiger partial charge in [0, 0.05) is 26.2 Å². The first-order valence-corrected chi connectivity index (χ1v) is 7.88. The number of benzene rings is 1. The van der Waals surface area contributed by atoms with Crippen LogP contribution in [0.3, 0.4) is 0 Å². The van der Waals surface area contributed by atoms with Gasteiger partial charge >= 0.3 is 0 Å². The van der Waals surface area contributed by atoms with Gasteiger partial charge in [0.25, 0.3) is 10.2 Å². The summed E-state index contributed by atoms with van der Waals surface area (Å²) in [6, 6.07) is 9.60. The molecule has 1 aliphatic heterocycles. The molecule has 1 heterocycles. The lowest BCUT2D eigenvalue weighted by Gasteiger charge is -2.23. The average Bonchev–Trinajstić information content (AvgIpc) is 2.83. The van der Waals surface area contributed by atoms with Crippen LogP contribution in [0.25, 0.3) is 0 Å². The highest BCUT2D eigenvalue weighted by Gasteiger charge is 2.30. The Morgan fingerprint density at radius 2 is 2.05 bits per heavy atom. The number of hydrogen-bond acceptors (Lipinski definition) is 3. The highest BCUT2D eigenvalue weighted by molar-refractivity contribution is 7.87. The van der Waals surface area contributed by atoms with Crippen molar-refractivity contribution in [3.63, 3.8) is 0 Å². The van der Waals surface area contributed by atoms with Crippen molar-refractivity contribution in [2.24, 2.45) is 0 Å². The highest BCUT2D eigenvalue weighted by atomic mass is 32.2. The molecule has 1 saturated heterocycles. The molecule has 0 amide bonds. The first-order valence-electron chi connectivity index (χ1n) is 6.44. The molecule has 106 valence electrons. The molecule has 2 rings (SSSR count). The Labute approximate surface area is 115 Å². The van der Waals surface area contributed by atoms with Gasteiger partial charge in [0.05, 0.1) is 0 Å². The van der Waals surface area contributed by atoms with Crippen LogP contribution >= 0.6 is 0 Å². The zero-order valence-electron chi connectivity index (χ0n) is 11.4. The fourth-order valence-corrected chi connectivity index (χ4v) is 3.39. The summed E-state index contributed by atoms with van der Waals surface area (Å²) >= 11 is 0. The molecule has 19 heavy (non-hydrogen) atoms. The second-order valence-corrected chi connectivity index (χ2v) is 6.85. The van der Waals surface area contributed by atoms with Gasteiger partial charge in [0.1, 0.15) is 0 Å². The SMILES string of the molecule is CN1CC[C@@H](N(C)S(=O)(=O)NCc2ccccc2)C1. The molecule has 5 nitrogen and oxygen atoms in total. The second kappa shape index (κ2) is 6.00. The van der Waals surface area contributed by atoms with Crippen LogP contribution in [0.4, 0.5) is 0 Å². The third-order valence-corrected chi connectivity index (χ3v) is 5.13. The van der Waals surface area contributed by atoms with Crippen LogP contribution in [0.1, 0.15) is 12.0 Å². The van der Waals surface area contributed by atoms with E-state index in [9.17, 15) is 8.42 Å². The Kier molecular flexibility index (Phi) is 4.57. The minimum absolute atomic E-state index is 0.0678. The molecule has 1 fully saturated rings. The van der Waals surface area contributed by atoms with Gasteiger partial charge in [-0.15, -0.1) is 0 Å². The Hall–Kier alpha value is -0.950. The quantitative estimate of drug-likeness (QED) is 0.863. The molecule has 0 aliphatic carbocycles. The second-order valence-electron chi connectivity index (χ2n) is 5.03. The van der Waals surface area contributed by atoms with Crippen LogP contribution in [0.5, 0.6) is 0 Å². The van der Waals surface area contributed by atoms with Gasteiger partial charge in [-0.2, -0.15) is 17.4 Å². The Balaban J connectivity index is 1.94. The molecular formula is C13H21N3O2S. The summed E-state index contributed by atoms with van der Waals surface area (Å²) in [5.74, 6) is 0. The van der Waals surface area contributed by atoms with Crippen LogP contribution in [0, 0.1) is 0 Å². The number of likely N-dealkylation sites (tertiary alicyclic amines) is 1. The van der Waals surface area contributed by atoms with E-state index in [-0.39, 0.29) is 6.04 Å². The molecule has 1 aromatic rings. The predicted molar refractivity (Wildman–Crippen MR) is 75.9 cm³/mol. The molecule has 1 atom stereocenters. The highest BCUT2D eigenvalue weighted by Crippen LogP contribution is 2.15. The van der Waals surface area contributed by atoms with E-state index < -0.39 is 10.2 Å². The van der Waals surface area contributed by atoms with Gasteiger partial charge in [0.2, 0.25) is 0 Å². The van der Waals surface area contributed by atoms with Crippen LogP contribution in [0.15, 0.2) is 30.3 Å². The maximum atomic E-state index is 12.2. The molecule has 1 aromatic carbocycles. The smallest absolute Gasteiger partial charge is 0.279 e. The summed E-state index contributed by atoms with van der Waals surface area (Å²) < 4.78 is 28.5. The van der Waals surface area contributed by atoms with Crippen molar-refractivity contribution in [3.8, 4) is 0 Å². The maximum Gasteiger partial charge on any atom is 0.279 e. The Bertz CT molecular complexity index is 504. The largest absolute Gasteiger partial charge is 0.305 e. The van der Waals surface area contributed by atoms with Crippen molar-refractivity contribution < 1.29 is 8.42 Å². The standard InChI is InChI=1S/C13H21N3O2S/c1-15-9-8-13(11-15)16(2)19(17,18)14-10-12-6-4-3-5-7-12/h3-7,13-14H,8-11H2,1-2H3/t13-/m1/s1. The lowest BCUT2D eigenvalue weighted by Crippen LogP contribution is -2.44. The van der Waals surface area contributed by atoms with Crippen molar-refractivity contribution in [1.82, 2.24) is 13.9 Å². The molecule has 0 unspecified atom stereocenters. The molecule has 0 saturated carbocycles. The topological polar surface area (TPSA) is 52.7 Å². The van der Waals surface area contributed by atoms with E-state index in [0.29, 0.717) is 6.54 Å². The van der Waals surface area contributed by atoms with Crippen molar-refractivity contribution >= 4 is 10.2 Å². The minimum atomic E-state index is -3.41. The molecule has 1 aliphatic rings. The third kappa shape index (κ3) is 3.76. The number of rotatable bonds is 5. The predicted octanol–water partition coefficient (Wildman–Crippen LogP) is 0.657. The zero-order chi connectivity index (χ0) is 13.9. The normalized spacial score (nSPS) is 21.1. The zero-order valence-corrected chi connectivity index (χ0v) is 12.2. The molecule has 6 heteroatoms. The summed E-state index contributed by atoms with van der Waals surface area (Å²) in [6.45, 7) is 2.07. The van der Waals surface area contributed by atoms with Crippen molar-refractivity contribution in [3.05, 3.63) is 35.9 Å². The van der Waals surface area contributed by atoms with E-state index in [2.05, 4.69) is 9.62 Å². The maximum absolute atomic E-state index is 12.2. The van der Waals surface area contributed by atoms with Gasteiger partial charge in [-0.3, -0.25) is 0 Å². The third-order valence-electron chi connectivity index (χ3n) is 3.56. The average molecular weight is 283 g/mol. The van der Waals surface area contributed by atoms with E-state index in [0.717, 1.165) is 25.1 Å². The van der Waals surface area contributed by atoms with Gasteiger partial charge < -0.3 is 4.90 Å². The number of likely N-dealkylation sites (N-methyl/N-ethyl adjacent to an activating group) is 2. The number of nitrogens with one attached hydrogen (secondary N) is 1. The van der Waals surface area contributed by atoms with Crippen LogP contribution in [-0.4, -0.2) is 50.8 Å². The van der Waals surface area contributed by atoms with Crippen LogP contribution in [0.2, 0.25) is 0 Å². The molecule has 1 N–H and O–H groups in total. The molecule has 0 spiro atoms. The van der Waals surface area contributed by atoms with Gasteiger partial charge in [-0.05, 0) is 25.6 Å². The van der Waals surface area contributed by atoms with E-state index in [4.69, 9.17) is 0 Å². The van der Waals surface area contributed by atoms with E-state index in [1.54, 1.807) is 7.05 Å². The summed E-state index contributed by atoms with van der Waals surface area (Å²) in [6.07, 6.45) is 0.888. The molecule has 0 bridgehead atoms. The van der Waals surface area contributed by atoms with Crippen LogP contribution in [-0.2, 0) is 16.8 Å². The lowest BCUT2D eigenvalue weighted by molar-refractivity contribution is 0.342. The van der Waals surface area contributed by atoms with Gasteiger partial charge in [-0.25, -0.2) is 0 Å². The van der Waals surface area contributed by atoms with Crippen molar-refractivity contribution in [2.75, 3.05) is 27.2 Å². The van der Waals surface area contributed by atoms with E-state index in [1.165, 1.54) is 4.31 Å². The molecule has 0 radical (unpaired) electrons.